The molecule has 1 aromatic carbocycles. The van der Waals surface area contributed by atoms with Crippen molar-refractivity contribution in [3.8, 4) is 0 Å². The van der Waals surface area contributed by atoms with E-state index in [1.54, 1.807) is 4.90 Å². The number of amides is 1. The van der Waals surface area contributed by atoms with Crippen molar-refractivity contribution in [2.75, 3.05) is 11.9 Å². The van der Waals surface area contributed by atoms with Crippen LogP contribution in [0.1, 0.15) is 44.6 Å². The Morgan fingerprint density at radius 1 is 1.35 bits per heavy atom. The van der Waals surface area contributed by atoms with Gasteiger partial charge in [0.15, 0.2) is 0 Å². The van der Waals surface area contributed by atoms with Gasteiger partial charge in [-0.05, 0) is 31.4 Å². The van der Waals surface area contributed by atoms with Gasteiger partial charge in [-0.2, -0.15) is 0 Å². The summed E-state index contributed by atoms with van der Waals surface area (Å²) in [7, 11) is 1.83. The Labute approximate surface area is 126 Å². The van der Waals surface area contributed by atoms with Crippen molar-refractivity contribution in [3.05, 3.63) is 29.8 Å². The first-order valence-electron chi connectivity index (χ1n) is 7.19. The topological polar surface area (TPSA) is 46.3 Å². The molecule has 1 aliphatic carbocycles. The van der Waals surface area contributed by atoms with E-state index in [0.717, 1.165) is 43.4 Å². The monoisotopic (exact) mass is 290 g/mol. The minimum Gasteiger partial charge on any atom is -0.389 e. The average Bonchev–Trinajstić information content (AvgIpc) is 2.95. The predicted octanol–water partition coefficient (Wildman–Crippen LogP) is 3.25. The van der Waals surface area contributed by atoms with Crippen LogP contribution in [0.25, 0.3) is 0 Å². The molecule has 0 heterocycles. The second-order valence-electron chi connectivity index (χ2n) is 5.59. The van der Waals surface area contributed by atoms with E-state index in [9.17, 15) is 4.79 Å². The van der Waals surface area contributed by atoms with Gasteiger partial charge >= 0.3 is 0 Å². The number of thiocarbonyl (C=S) groups is 1. The summed E-state index contributed by atoms with van der Waals surface area (Å²) in [6.07, 6.45) is 5.16. The number of hydrogen-bond acceptors (Lipinski definition) is 2. The molecule has 20 heavy (non-hydrogen) atoms. The maximum atomic E-state index is 12.9. The van der Waals surface area contributed by atoms with E-state index < -0.39 is 0 Å². The summed E-state index contributed by atoms with van der Waals surface area (Å²) in [5, 5.41) is 0. The van der Waals surface area contributed by atoms with Crippen molar-refractivity contribution < 1.29 is 4.79 Å². The first-order chi connectivity index (χ1) is 9.52. The van der Waals surface area contributed by atoms with Crippen molar-refractivity contribution in [1.29, 1.82) is 0 Å². The van der Waals surface area contributed by atoms with Crippen LogP contribution in [0.15, 0.2) is 24.3 Å². The van der Waals surface area contributed by atoms with Crippen molar-refractivity contribution >= 4 is 28.8 Å². The van der Waals surface area contributed by atoms with Crippen molar-refractivity contribution in [2.24, 2.45) is 11.1 Å². The molecule has 1 amide bonds. The lowest BCUT2D eigenvalue weighted by atomic mass is 9.82. The Bertz CT molecular complexity index is 521. The zero-order valence-electron chi connectivity index (χ0n) is 12.2. The lowest BCUT2D eigenvalue weighted by Gasteiger charge is -2.32. The molecule has 0 spiro atoms. The largest absolute Gasteiger partial charge is 0.389 e. The fourth-order valence-corrected chi connectivity index (χ4v) is 3.38. The Morgan fingerprint density at radius 2 is 1.95 bits per heavy atom. The molecule has 0 unspecified atom stereocenters. The predicted molar refractivity (Wildman–Crippen MR) is 86.9 cm³/mol. The van der Waals surface area contributed by atoms with E-state index >= 15 is 0 Å². The number of rotatable bonds is 4. The molecular formula is C16H22N2OS. The molecule has 0 aromatic heterocycles. The SMILES string of the molecule is CCC1(C(=O)N(C)c2ccccc2C(N)=S)CCCC1. The Kier molecular flexibility index (Phi) is 4.43. The van der Waals surface area contributed by atoms with Crippen LogP contribution in [-0.4, -0.2) is 17.9 Å². The van der Waals surface area contributed by atoms with E-state index in [0.29, 0.717) is 4.99 Å². The molecule has 108 valence electrons. The van der Waals surface area contributed by atoms with Crippen LogP contribution in [0.5, 0.6) is 0 Å². The summed E-state index contributed by atoms with van der Waals surface area (Å²) in [5.41, 5.74) is 7.14. The molecule has 2 rings (SSSR count). The molecule has 3 nitrogen and oxygen atoms in total. The normalized spacial score (nSPS) is 16.9. The lowest BCUT2D eigenvalue weighted by Crippen LogP contribution is -2.41. The summed E-state index contributed by atoms with van der Waals surface area (Å²) >= 11 is 5.09. The fourth-order valence-electron chi connectivity index (χ4n) is 3.21. The van der Waals surface area contributed by atoms with Gasteiger partial charge < -0.3 is 10.6 Å². The van der Waals surface area contributed by atoms with E-state index in [1.807, 2.05) is 31.3 Å². The summed E-state index contributed by atoms with van der Waals surface area (Å²) in [5.74, 6) is 0.196. The molecule has 2 N–H and O–H groups in total. The van der Waals surface area contributed by atoms with Crippen molar-refractivity contribution in [1.82, 2.24) is 0 Å². The highest BCUT2D eigenvalue weighted by molar-refractivity contribution is 7.80. The maximum absolute atomic E-state index is 12.9. The lowest BCUT2D eigenvalue weighted by molar-refractivity contribution is -0.127. The van der Waals surface area contributed by atoms with Crippen LogP contribution in [0, 0.1) is 5.41 Å². The van der Waals surface area contributed by atoms with Gasteiger partial charge in [-0.1, -0.05) is 44.1 Å². The third-order valence-corrected chi connectivity index (χ3v) is 4.75. The van der Waals surface area contributed by atoms with Gasteiger partial charge in [-0.3, -0.25) is 4.79 Å². The molecule has 0 saturated heterocycles. The number of para-hydroxylation sites is 1. The summed E-state index contributed by atoms with van der Waals surface area (Å²) in [4.78, 5) is 15.0. The van der Waals surface area contributed by atoms with Crippen LogP contribution >= 0.6 is 12.2 Å². The molecule has 0 atom stereocenters. The Balaban J connectivity index is 2.34. The zero-order valence-corrected chi connectivity index (χ0v) is 13.0. The van der Waals surface area contributed by atoms with Gasteiger partial charge in [-0.15, -0.1) is 0 Å². The molecule has 1 aromatic rings. The highest BCUT2D eigenvalue weighted by Crippen LogP contribution is 2.43. The number of carbonyl (C=O) groups excluding carboxylic acids is 1. The minimum absolute atomic E-state index is 0.196. The van der Waals surface area contributed by atoms with Crippen LogP contribution < -0.4 is 10.6 Å². The second-order valence-corrected chi connectivity index (χ2v) is 6.03. The third-order valence-electron chi connectivity index (χ3n) is 4.53. The minimum atomic E-state index is -0.196. The van der Waals surface area contributed by atoms with Gasteiger partial charge in [0.1, 0.15) is 4.99 Å². The highest BCUT2D eigenvalue weighted by atomic mass is 32.1. The Hall–Kier alpha value is -1.42. The number of carbonyl (C=O) groups is 1. The number of nitrogens with two attached hydrogens (primary N) is 1. The van der Waals surface area contributed by atoms with Gasteiger partial charge in [0.2, 0.25) is 5.91 Å². The summed E-state index contributed by atoms with van der Waals surface area (Å²) in [6, 6.07) is 7.58. The zero-order chi connectivity index (χ0) is 14.8. The number of benzene rings is 1. The molecule has 1 fully saturated rings. The van der Waals surface area contributed by atoms with Crippen LogP contribution in [0.2, 0.25) is 0 Å². The van der Waals surface area contributed by atoms with Gasteiger partial charge in [0.05, 0.1) is 5.69 Å². The molecule has 1 saturated carbocycles. The maximum Gasteiger partial charge on any atom is 0.232 e. The molecule has 0 aliphatic heterocycles. The number of nitrogens with zero attached hydrogens (tertiary/aromatic N) is 1. The average molecular weight is 290 g/mol. The summed E-state index contributed by atoms with van der Waals surface area (Å²) in [6.45, 7) is 2.11. The molecule has 4 heteroatoms. The van der Waals surface area contributed by atoms with E-state index in [-0.39, 0.29) is 11.3 Å². The second kappa shape index (κ2) is 5.92. The van der Waals surface area contributed by atoms with E-state index in [2.05, 4.69) is 6.92 Å². The van der Waals surface area contributed by atoms with Crippen molar-refractivity contribution in [3.63, 3.8) is 0 Å². The summed E-state index contributed by atoms with van der Waals surface area (Å²) < 4.78 is 0. The van der Waals surface area contributed by atoms with Crippen LogP contribution in [-0.2, 0) is 4.79 Å². The molecular weight excluding hydrogens is 268 g/mol. The third kappa shape index (κ3) is 2.57. The van der Waals surface area contributed by atoms with E-state index in [1.165, 1.54) is 0 Å². The fraction of sp³-hybridized carbons (Fsp3) is 0.500. The van der Waals surface area contributed by atoms with Gasteiger partial charge in [0.25, 0.3) is 0 Å². The number of anilines is 1. The quantitative estimate of drug-likeness (QED) is 0.866. The highest BCUT2D eigenvalue weighted by Gasteiger charge is 2.41. The molecule has 1 aliphatic rings. The van der Waals surface area contributed by atoms with Gasteiger partial charge in [-0.25, -0.2) is 0 Å². The van der Waals surface area contributed by atoms with Gasteiger partial charge in [0, 0.05) is 18.0 Å². The Morgan fingerprint density at radius 3 is 2.50 bits per heavy atom. The van der Waals surface area contributed by atoms with Crippen molar-refractivity contribution in [2.45, 2.75) is 39.0 Å². The first kappa shape index (κ1) is 15.0. The van der Waals surface area contributed by atoms with E-state index in [4.69, 9.17) is 18.0 Å². The smallest absolute Gasteiger partial charge is 0.232 e. The van der Waals surface area contributed by atoms with Crippen LogP contribution in [0.3, 0.4) is 0 Å². The van der Waals surface area contributed by atoms with Crippen LogP contribution in [0.4, 0.5) is 5.69 Å². The first-order valence-corrected chi connectivity index (χ1v) is 7.59. The molecule has 0 radical (unpaired) electrons. The standard InChI is InChI=1S/C16H22N2OS/c1-3-16(10-6-7-11-16)15(19)18(2)13-9-5-4-8-12(13)14(17)20/h4-5,8-9H,3,6-7,10-11H2,1-2H3,(H2,17,20). The number of hydrogen-bond donors (Lipinski definition) is 1. The molecule has 0 bridgehead atoms.